The monoisotopic (exact) mass is 384 g/mol. The average molecular weight is 385 g/mol. The van der Waals surface area contributed by atoms with Crippen molar-refractivity contribution in [2.75, 3.05) is 13.1 Å². The van der Waals surface area contributed by atoms with Crippen LogP contribution in [0.25, 0.3) is 0 Å². The van der Waals surface area contributed by atoms with Gasteiger partial charge in [0.2, 0.25) is 5.91 Å². The lowest BCUT2D eigenvalue weighted by Crippen LogP contribution is -2.43. The highest BCUT2D eigenvalue weighted by atomic mass is 35.5. The standard InChI is InChI=1S/C23H29ClN2O/c1-16-10-11-21(17(2)13-16)18(3)25-23(27)20-8-6-12-26(15-20)14-19-7-4-5-9-22(19)24/h4-5,7,9-11,13,18,20H,6,8,12,14-15H2,1-3H3,(H,25,27). The van der Waals surface area contributed by atoms with Gasteiger partial charge in [0, 0.05) is 18.1 Å². The van der Waals surface area contributed by atoms with Gasteiger partial charge >= 0.3 is 0 Å². The zero-order chi connectivity index (χ0) is 19.4. The summed E-state index contributed by atoms with van der Waals surface area (Å²) in [5, 5.41) is 4.03. The molecule has 0 spiro atoms. The first-order chi connectivity index (χ1) is 12.9. The molecule has 1 saturated heterocycles. The zero-order valence-corrected chi connectivity index (χ0v) is 17.2. The number of benzene rings is 2. The molecule has 27 heavy (non-hydrogen) atoms. The van der Waals surface area contributed by atoms with Gasteiger partial charge in [0.15, 0.2) is 0 Å². The second kappa shape index (κ2) is 8.90. The summed E-state index contributed by atoms with van der Waals surface area (Å²) >= 11 is 6.30. The molecule has 2 unspecified atom stereocenters. The van der Waals surface area contributed by atoms with Crippen LogP contribution in [0.5, 0.6) is 0 Å². The Kier molecular flexibility index (Phi) is 6.56. The van der Waals surface area contributed by atoms with Gasteiger partial charge in [-0.15, -0.1) is 0 Å². The van der Waals surface area contributed by atoms with Gasteiger partial charge in [-0.05, 0) is 62.9 Å². The van der Waals surface area contributed by atoms with Gasteiger partial charge in [-0.25, -0.2) is 0 Å². The smallest absolute Gasteiger partial charge is 0.224 e. The van der Waals surface area contributed by atoms with Gasteiger partial charge in [0.1, 0.15) is 0 Å². The molecule has 1 N–H and O–H groups in total. The number of hydrogen-bond acceptors (Lipinski definition) is 2. The molecule has 3 rings (SSSR count). The highest BCUT2D eigenvalue weighted by molar-refractivity contribution is 6.31. The van der Waals surface area contributed by atoms with Crippen LogP contribution >= 0.6 is 11.6 Å². The molecule has 1 amide bonds. The minimum Gasteiger partial charge on any atom is -0.349 e. The fourth-order valence-electron chi connectivity index (χ4n) is 4.00. The van der Waals surface area contributed by atoms with Gasteiger partial charge in [-0.2, -0.15) is 0 Å². The van der Waals surface area contributed by atoms with Crippen LogP contribution < -0.4 is 5.32 Å². The quantitative estimate of drug-likeness (QED) is 0.782. The number of hydrogen-bond donors (Lipinski definition) is 1. The van der Waals surface area contributed by atoms with E-state index < -0.39 is 0 Å². The van der Waals surface area contributed by atoms with Crippen molar-refractivity contribution < 1.29 is 4.79 Å². The molecule has 0 saturated carbocycles. The predicted octanol–water partition coefficient (Wildman–Crippen LogP) is 5.05. The first-order valence-corrected chi connectivity index (χ1v) is 10.1. The number of likely N-dealkylation sites (tertiary alicyclic amines) is 1. The Morgan fingerprint density at radius 1 is 1.26 bits per heavy atom. The van der Waals surface area contributed by atoms with E-state index in [1.54, 1.807) is 0 Å². The van der Waals surface area contributed by atoms with Gasteiger partial charge in [0.25, 0.3) is 0 Å². The molecule has 0 aromatic heterocycles. The van der Waals surface area contributed by atoms with E-state index in [1.807, 2.05) is 18.2 Å². The lowest BCUT2D eigenvalue weighted by molar-refractivity contribution is -0.127. The van der Waals surface area contributed by atoms with Gasteiger partial charge < -0.3 is 5.32 Å². The molecule has 3 nitrogen and oxygen atoms in total. The molecule has 2 aromatic carbocycles. The Bertz CT molecular complexity index is 805. The topological polar surface area (TPSA) is 32.3 Å². The van der Waals surface area contributed by atoms with Crippen molar-refractivity contribution in [3.63, 3.8) is 0 Å². The van der Waals surface area contributed by atoms with Gasteiger partial charge in [-0.1, -0.05) is 53.6 Å². The fraction of sp³-hybridized carbons (Fsp3) is 0.435. The van der Waals surface area contributed by atoms with Crippen LogP contribution in [0.2, 0.25) is 5.02 Å². The molecular formula is C23H29ClN2O. The number of rotatable bonds is 5. The molecule has 1 aliphatic rings. The Morgan fingerprint density at radius 3 is 2.78 bits per heavy atom. The molecule has 0 bridgehead atoms. The van der Waals surface area contributed by atoms with Crippen molar-refractivity contribution in [3.8, 4) is 0 Å². The number of nitrogens with one attached hydrogen (secondary N) is 1. The maximum atomic E-state index is 12.9. The Hall–Kier alpha value is -1.84. The number of piperidine rings is 1. The molecule has 2 aromatic rings. The number of carbonyl (C=O) groups is 1. The van der Waals surface area contributed by atoms with Crippen molar-refractivity contribution in [2.45, 2.75) is 46.2 Å². The minimum atomic E-state index is 0.0250. The summed E-state index contributed by atoms with van der Waals surface area (Å²) in [6, 6.07) is 14.4. The van der Waals surface area contributed by atoms with E-state index in [-0.39, 0.29) is 17.9 Å². The van der Waals surface area contributed by atoms with Crippen LogP contribution in [0.15, 0.2) is 42.5 Å². The average Bonchev–Trinajstić information content (AvgIpc) is 2.63. The van der Waals surface area contributed by atoms with E-state index in [2.05, 4.69) is 55.3 Å². The Morgan fingerprint density at radius 2 is 2.04 bits per heavy atom. The normalized spacial score (nSPS) is 18.9. The third-order valence-corrected chi connectivity index (χ3v) is 5.85. The third kappa shape index (κ3) is 5.12. The summed E-state index contributed by atoms with van der Waals surface area (Å²) in [5.74, 6) is 0.195. The Balaban J connectivity index is 1.60. The van der Waals surface area contributed by atoms with Crippen LogP contribution in [0.1, 0.15) is 48.1 Å². The van der Waals surface area contributed by atoms with E-state index >= 15 is 0 Å². The van der Waals surface area contributed by atoms with Crippen molar-refractivity contribution in [1.82, 2.24) is 10.2 Å². The maximum absolute atomic E-state index is 12.9. The number of halogens is 1. The summed E-state index contributed by atoms with van der Waals surface area (Å²) in [6.07, 6.45) is 1.99. The van der Waals surface area contributed by atoms with Crippen LogP contribution in [0.3, 0.4) is 0 Å². The van der Waals surface area contributed by atoms with Crippen molar-refractivity contribution in [1.29, 1.82) is 0 Å². The number of amides is 1. The third-order valence-electron chi connectivity index (χ3n) is 5.48. The number of carbonyl (C=O) groups excluding carboxylic acids is 1. The molecule has 144 valence electrons. The molecule has 0 aliphatic carbocycles. The van der Waals surface area contributed by atoms with Crippen molar-refractivity contribution in [3.05, 3.63) is 69.7 Å². The molecule has 2 atom stereocenters. The van der Waals surface area contributed by atoms with Crippen molar-refractivity contribution >= 4 is 17.5 Å². The van der Waals surface area contributed by atoms with Crippen LogP contribution in [0, 0.1) is 19.8 Å². The summed E-state index contributed by atoms with van der Waals surface area (Å²) in [4.78, 5) is 15.2. The molecule has 0 radical (unpaired) electrons. The molecule has 1 heterocycles. The lowest BCUT2D eigenvalue weighted by Gasteiger charge is -2.33. The van der Waals surface area contributed by atoms with Crippen LogP contribution in [0.4, 0.5) is 0 Å². The summed E-state index contributed by atoms with van der Waals surface area (Å²) in [6.45, 7) is 8.88. The first kappa shape index (κ1) is 19.9. The minimum absolute atomic E-state index is 0.0250. The largest absolute Gasteiger partial charge is 0.349 e. The lowest BCUT2D eigenvalue weighted by atomic mass is 9.95. The summed E-state index contributed by atoms with van der Waals surface area (Å²) in [7, 11) is 0. The van der Waals surface area contributed by atoms with E-state index in [0.717, 1.165) is 43.1 Å². The molecule has 1 aliphatic heterocycles. The number of nitrogens with zero attached hydrogens (tertiary/aromatic N) is 1. The summed E-state index contributed by atoms with van der Waals surface area (Å²) < 4.78 is 0. The van der Waals surface area contributed by atoms with E-state index in [9.17, 15) is 4.79 Å². The second-order valence-electron chi connectivity index (χ2n) is 7.76. The molecule has 1 fully saturated rings. The SMILES string of the molecule is Cc1ccc(C(C)NC(=O)C2CCCN(Cc3ccccc3Cl)C2)c(C)c1. The Labute approximate surface area is 167 Å². The van der Waals surface area contributed by atoms with Gasteiger partial charge in [0.05, 0.1) is 12.0 Å². The van der Waals surface area contributed by atoms with Crippen LogP contribution in [-0.4, -0.2) is 23.9 Å². The number of aryl methyl sites for hydroxylation is 2. The van der Waals surface area contributed by atoms with E-state index in [4.69, 9.17) is 11.6 Å². The highest BCUT2D eigenvalue weighted by Gasteiger charge is 2.27. The molecular weight excluding hydrogens is 356 g/mol. The van der Waals surface area contributed by atoms with E-state index in [1.165, 1.54) is 16.7 Å². The summed E-state index contributed by atoms with van der Waals surface area (Å²) in [5.41, 5.74) is 4.80. The first-order valence-electron chi connectivity index (χ1n) is 9.77. The van der Waals surface area contributed by atoms with Gasteiger partial charge in [-0.3, -0.25) is 9.69 Å². The molecule has 4 heteroatoms. The second-order valence-corrected chi connectivity index (χ2v) is 8.16. The van der Waals surface area contributed by atoms with E-state index in [0.29, 0.717) is 0 Å². The maximum Gasteiger partial charge on any atom is 0.224 e. The predicted molar refractivity (Wildman–Crippen MR) is 112 cm³/mol. The fourth-order valence-corrected chi connectivity index (χ4v) is 4.20. The van der Waals surface area contributed by atoms with Crippen LogP contribution in [-0.2, 0) is 11.3 Å². The zero-order valence-electron chi connectivity index (χ0n) is 16.5. The van der Waals surface area contributed by atoms with Crippen molar-refractivity contribution in [2.24, 2.45) is 5.92 Å². The highest BCUT2D eigenvalue weighted by Crippen LogP contribution is 2.24.